The van der Waals surface area contributed by atoms with Crippen molar-refractivity contribution in [2.24, 2.45) is 0 Å². The third-order valence-corrected chi connectivity index (χ3v) is 5.70. The van der Waals surface area contributed by atoms with Crippen molar-refractivity contribution < 1.29 is 14.7 Å². The van der Waals surface area contributed by atoms with Crippen molar-refractivity contribution in [2.45, 2.75) is 135 Å². The van der Waals surface area contributed by atoms with Crippen molar-refractivity contribution in [3.05, 3.63) is 12.7 Å². The Morgan fingerprint density at radius 1 is 0.600 bits per heavy atom. The van der Waals surface area contributed by atoms with Gasteiger partial charge in [-0.05, 0) is 32.1 Å². The molecule has 30 heavy (non-hydrogen) atoms. The number of carboxylic acids is 1. The van der Waals surface area contributed by atoms with E-state index < -0.39 is 5.97 Å². The second-order valence-corrected chi connectivity index (χ2v) is 8.69. The molecular formula is C26H49NO3. The van der Waals surface area contributed by atoms with Crippen LogP contribution in [-0.2, 0) is 9.59 Å². The molecule has 0 saturated heterocycles. The van der Waals surface area contributed by atoms with Crippen LogP contribution in [0.15, 0.2) is 12.7 Å². The molecule has 0 aliphatic carbocycles. The molecule has 0 rings (SSSR count). The Labute approximate surface area is 186 Å². The first-order valence-corrected chi connectivity index (χ1v) is 12.8. The highest BCUT2D eigenvalue weighted by Crippen LogP contribution is 2.14. The summed E-state index contributed by atoms with van der Waals surface area (Å²) in [4.78, 5) is 22.1. The molecule has 0 aliphatic rings. The van der Waals surface area contributed by atoms with E-state index >= 15 is 0 Å². The van der Waals surface area contributed by atoms with Gasteiger partial charge in [0.1, 0.15) is 0 Å². The van der Waals surface area contributed by atoms with E-state index in [4.69, 9.17) is 5.11 Å². The maximum absolute atomic E-state index is 11.7. The van der Waals surface area contributed by atoms with Crippen molar-refractivity contribution in [1.29, 1.82) is 0 Å². The topological polar surface area (TPSA) is 66.4 Å². The zero-order valence-corrected chi connectivity index (χ0v) is 19.6. The van der Waals surface area contributed by atoms with Gasteiger partial charge in [-0.25, -0.2) is 0 Å². The number of carbonyl (C=O) groups is 2. The molecule has 0 bridgehead atoms. The Morgan fingerprint density at radius 2 is 1.00 bits per heavy atom. The number of allylic oxidation sites excluding steroid dienone is 1. The lowest BCUT2D eigenvalue weighted by atomic mass is 10.0. The quantitative estimate of drug-likeness (QED) is 0.124. The van der Waals surface area contributed by atoms with Gasteiger partial charge in [-0.3, -0.25) is 9.59 Å². The number of rotatable bonds is 24. The first kappa shape index (κ1) is 28.7. The molecule has 4 heteroatoms. The van der Waals surface area contributed by atoms with Crippen LogP contribution in [-0.4, -0.2) is 23.5 Å². The Balaban J connectivity index is 3.11. The van der Waals surface area contributed by atoms with Gasteiger partial charge >= 0.3 is 5.97 Å². The van der Waals surface area contributed by atoms with Gasteiger partial charge in [-0.1, -0.05) is 96.0 Å². The zero-order valence-electron chi connectivity index (χ0n) is 19.6. The van der Waals surface area contributed by atoms with Gasteiger partial charge in [0.25, 0.3) is 0 Å². The first-order valence-electron chi connectivity index (χ1n) is 12.8. The predicted molar refractivity (Wildman–Crippen MR) is 128 cm³/mol. The average Bonchev–Trinajstić information content (AvgIpc) is 2.72. The highest BCUT2D eigenvalue weighted by molar-refractivity contribution is 5.75. The van der Waals surface area contributed by atoms with E-state index in [1.165, 1.54) is 83.5 Å². The molecule has 0 atom stereocenters. The average molecular weight is 424 g/mol. The van der Waals surface area contributed by atoms with Gasteiger partial charge in [0, 0.05) is 19.4 Å². The summed E-state index contributed by atoms with van der Waals surface area (Å²) in [7, 11) is 0. The van der Waals surface area contributed by atoms with Crippen molar-refractivity contribution in [3.63, 3.8) is 0 Å². The molecule has 0 saturated carbocycles. The Morgan fingerprint density at radius 3 is 1.40 bits per heavy atom. The van der Waals surface area contributed by atoms with Gasteiger partial charge in [-0.2, -0.15) is 0 Å². The molecule has 1 amide bonds. The van der Waals surface area contributed by atoms with Gasteiger partial charge < -0.3 is 10.4 Å². The second kappa shape index (κ2) is 24.0. The van der Waals surface area contributed by atoms with E-state index in [9.17, 15) is 9.59 Å². The van der Waals surface area contributed by atoms with Crippen LogP contribution in [0.25, 0.3) is 0 Å². The summed E-state index contributed by atoms with van der Waals surface area (Å²) in [5.74, 6) is -0.452. The molecule has 2 N–H and O–H groups in total. The molecule has 0 radical (unpaired) electrons. The predicted octanol–water partition coefficient (Wildman–Crippen LogP) is 7.57. The fraction of sp³-hybridized carbons (Fsp3) is 0.846. The summed E-state index contributed by atoms with van der Waals surface area (Å²) in [6.45, 7) is 4.51. The minimum atomic E-state index is -0.666. The van der Waals surface area contributed by atoms with Crippen molar-refractivity contribution in [1.82, 2.24) is 5.32 Å². The number of amides is 1. The maximum Gasteiger partial charge on any atom is 0.303 e. The maximum atomic E-state index is 11.7. The Hall–Kier alpha value is -1.32. The number of carboxylic acid groups (broad SMARTS) is 1. The van der Waals surface area contributed by atoms with Crippen molar-refractivity contribution >= 4 is 11.9 Å². The van der Waals surface area contributed by atoms with Crippen molar-refractivity contribution in [3.8, 4) is 0 Å². The molecule has 0 aromatic rings. The van der Waals surface area contributed by atoms with E-state index in [-0.39, 0.29) is 5.91 Å². The van der Waals surface area contributed by atoms with Gasteiger partial charge in [0.15, 0.2) is 0 Å². The van der Waals surface area contributed by atoms with Crippen LogP contribution in [0, 0.1) is 0 Å². The summed E-state index contributed by atoms with van der Waals surface area (Å²) in [5, 5.41) is 11.6. The molecule has 0 aromatic heterocycles. The normalized spacial score (nSPS) is 10.8. The number of hydrogen-bond donors (Lipinski definition) is 2. The van der Waals surface area contributed by atoms with Crippen LogP contribution >= 0.6 is 0 Å². The van der Waals surface area contributed by atoms with E-state index in [0.717, 1.165) is 45.1 Å². The minimum Gasteiger partial charge on any atom is -0.481 e. The third kappa shape index (κ3) is 24.7. The molecule has 0 aliphatic heterocycles. The second-order valence-electron chi connectivity index (χ2n) is 8.69. The molecule has 0 aromatic carbocycles. The Kier molecular flexibility index (Phi) is 22.9. The van der Waals surface area contributed by atoms with Crippen LogP contribution < -0.4 is 5.32 Å². The number of aliphatic carboxylic acids is 1. The number of hydrogen-bond acceptors (Lipinski definition) is 2. The zero-order chi connectivity index (χ0) is 22.1. The van der Waals surface area contributed by atoms with Crippen LogP contribution in [0.2, 0.25) is 0 Å². The molecule has 0 heterocycles. The van der Waals surface area contributed by atoms with Crippen LogP contribution in [0.1, 0.15) is 135 Å². The molecule has 0 fully saturated rings. The summed E-state index contributed by atoms with van der Waals surface area (Å²) >= 11 is 0. The summed E-state index contributed by atoms with van der Waals surface area (Å²) in [6, 6.07) is 0. The summed E-state index contributed by atoms with van der Waals surface area (Å²) in [5.41, 5.74) is 0. The van der Waals surface area contributed by atoms with E-state index in [0.29, 0.717) is 12.8 Å². The van der Waals surface area contributed by atoms with E-state index in [1.807, 2.05) is 6.08 Å². The highest BCUT2D eigenvalue weighted by Gasteiger charge is 2.00. The largest absolute Gasteiger partial charge is 0.481 e. The standard InChI is InChI=1S/C26H49NO3/c1-2-3-4-21-24-27-25(28)22-19-17-15-13-11-9-7-5-6-8-10-12-14-16-18-20-23-26(29)30/h2H,1,3-24H2,(H,27,28)(H,29,30). The minimum absolute atomic E-state index is 0.215. The third-order valence-electron chi connectivity index (χ3n) is 5.70. The number of carbonyl (C=O) groups excluding carboxylic acids is 1. The SMILES string of the molecule is C=CCCCCNC(=O)CCCCCCCCCCCCCCCCCCC(=O)O. The monoisotopic (exact) mass is 423 g/mol. The van der Waals surface area contributed by atoms with Gasteiger partial charge in [-0.15, -0.1) is 6.58 Å². The van der Waals surface area contributed by atoms with Crippen LogP contribution in [0.3, 0.4) is 0 Å². The number of nitrogens with one attached hydrogen (secondary N) is 1. The van der Waals surface area contributed by atoms with Crippen molar-refractivity contribution in [2.75, 3.05) is 6.54 Å². The van der Waals surface area contributed by atoms with Gasteiger partial charge in [0.05, 0.1) is 0 Å². The highest BCUT2D eigenvalue weighted by atomic mass is 16.4. The van der Waals surface area contributed by atoms with Gasteiger partial charge in [0.2, 0.25) is 5.91 Å². The number of unbranched alkanes of at least 4 members (excludes halogenated alkanes) is 17. The van der Waals surface area contributed by atoms with Crippen LogP contribution in [0.4, 0.5) is 0 Å². The fourth-order valence-corrected chi connectivity index (χ4v) is 3.77. The lowest BCUT2D eigenvalue weighted by molar-refractivity contribution is -0.137. The smallest absolute Gasteiger partial charge is 0.303 e. The summed E-state index contributed by atoms with van der Waals surface area (Å²) in [6.07, 6.45) is 26.1. The van der Waals surface area contributed by atoms with E-state index in [2.05, 4.69) is 11.9 Å². The lowest BCUT2D eigenvalue weighted by Gasteiger charge is -2.05. The van der Waals surface area contributed by atoms with E-state index in [1.54, 1.807) is 0 Å². The molecule has 4 nitrogen and oxygen atoms in total. The molecule has 176 valence electrons. The first-order chi connectivity index (χ1) is 14.7. The molecule has 0 spiro atoms. The summed E-state index contributed by atoms with van der Waals surface area (Å²) < 4.78 is 0. The molecular weight excluding hydrogens is 374 g/mol. The lowest BCUT2D eigenvalue weighted by Crippen LogP contribution is -2.23. The fourth-order valence-electron chi connectivity index (χ4n) is 3.77. The van der Waals surface area contributed by atoms with Crippen LogP contribution in [0.5, 0.6) is 0 Å². The molecule has 0 unspecified atom stereocenters. The Bertz CT molecular complexity index is 409.